The number of carbonyl (C=O) groups is 1. The van der Waals surface area contributed by atoms with Crippen LogP contribution in [-0.4, -0.2) is 40.6 Å². The van der Waals surface area contributed by atoms with Gasteiger partial charge < -0.3 is 9.84 Å². The van der Waals surface area contributed by atoms with Crippen LogP contribution in [0.25, 0.3) is 11.4 Å². The summed E-state index contributed by atoms with van der Waals surface area (Å²) in [5.74, 6) is 1.17. The van der Waals surface area contributed by atoms with Crippen LogP contribution in [0.4, 0.5) is 0 Å². The van der Waals surface area contributed by atoms with Gasteiger partial charge in [0.15, 0.2) is 0 Å². The van der Waals surface area contributed by atoms with Crippen LogP contribution in [0.15, 0.2) is 53.1 Å². The van der Waals surface area contributed by atoms with Crippen molar-refractivity contribution < 1.29 is 9.32 Å². The van der Waals surface area contributed by atoms with Crippen molar-refractivity contribution in [3.8, 4) is 11.4 Å². The summed E-state index contributed by atoms with van der Waals surface area (Å²) < 4.78 is 5.44. The minimum Gasteiger partial charge on any atom is -0.356 e. The van der Waals surface area contributed by atoms with Crippen molar-refractivity contribution in [3.05, 3.63) is 70.6 Å². The summed E-state index contributed by atoms with van der Waals surface area (Å²) in [6.07, 6.45) is 3.81. The lowest BCUT2D eigenvalue weighted by molar-refractivity contribution is -0.126. The molecular weight excluding hydrogens is 424 g/mol. The number of hydrogen-bond acceptors (Lipinski definition) is 5. The molecule has 2 heterocycles. The predicted octanol–water partition coefficient (Wildman–Crippen LogP) is 4.66. The van der Waals surface area contributed by atoms with E-state index in [1.165, 1.54) is 11.1 Å². The number of benzene rings is 2. The van der Waals surface area contributed by atoms with Gasteiger partial charge in [-0.2, -0.15) is 4.98 Å². The third-order valence-electron chi connectivity index (χ3n) is 5.84. The number of nitrogens with zero attached hydrogens (tertiary/aromatic N) is 3. The van der Waals surface area contributed by atoms with E-state index in [1.807, 2.05) is 24.3 Å². The highest BCUT2D eigenvalue weighted by Crippen LogP contribution is 2.25. The number of amides is 1. The Balaban J connectivity index is 1.24. The molecule has 0 radical (unpaired) electrons. The molecular formula is C25H29ClN4O2. The summed E-state index contributed by atoms with van der Waals surface area (Å²) in [6, 6.07) is 16.0. The fourth-order valence-electron chi connectivity index (χ4n) is 4.19. The van der Waals surface area contributed by atoms with Crippen LogP contribution < -0.4 is 5.32 Å². The molecule has 4 rings (SSSR count). The van der Waals surface area contributed by atoms with Crippen LogP contribution in [-0.2, 0) is 17.8 Å². The van der Waals surface area contributed by atoms with Crippen molar-refractivity contribution in [3.63, 3.8) is 0 Å². The van der Waals surface area contributed by atoms with Crippen LogP contribution in [0, 0.1) is 12.8 Å². The van der Waals surface area contributed by atoms with Crippen molar-refractivity contribution in [1.82, 2.24) is 20.4 Å². The lowest BCUT2D eigenvalue weighted by Gasteiger charge is -2.30. The highest BCUT2D eigenvalue weighted by molar-refractivity contribution is 6.33. The summed E-state index contributed by atoms with van der Waals surface area (Å²) in [4.78, 5) is 19.4. The van der Waals surface area contributed by atoms with Gasteiger partial charge >= 0.3 is 0 Å². The first-order chi connectivity index (χ1) is 15.6. The van der Waals surface area contributed by atoms with Crippen LogP contribution in [0.2, 0.25) is 5.02 Å². The number of halogens is 1. The first-order valence-corrected chi connectivity index (χ1v) is 11.6. The Morgan fingerprint density at radius 1 is 1.25 bits per heavy atom. The minimum absolute atomic E-state index is 0.00585. The third kappa shape index (κ3) is 5.96. The molecule has 1 aliphatic rings. The summed E-state index contributed by atoms with van der Waals surface area (Å²) in [7, 11) is 0. The average molecular weight is 453 g/mol. The number of nitrogens with one attached hydrogen (secondary N) is 1. The largest absolute Gasteiger partial charge is 0.356 e. The fourth-order valence-corrected chi connectivity index (χ4v) is 4.41. The first kappa shape index (κ1) is 22.5. The van der Waals surface area contributed by atoms with Crippen LogP contribution in [0.3, 0.4) is 0 Å². The van der Waals surface area contributed by atoms with E-state index < -0.39 is 0 Å². The Morgan fingerprint density at radius 3 is 2.97 bits per heavy atom. The van der Waals surface area contributed by atoms with E-state index >= 15 is 0 Å². The van der Waals surface area contributed by atoms with E-state index in [4.69, 9.17) is 16.1 Å². The molecule has 0 spiro atoms. The average Bonchev–Trinajstić information content (AvgIpc) is 3.25. The van der Waals surface area contributed by atoms with E-state index in [-0.39, 0.29) is 11.8 Å². The predicted molar refractivity (Wildman–Crippen MR) is 125 cm³/mol. The summed E-state index contributed by atoms with van der Waals surface area (Å²) in [5, 5.41) is 7.79. The molecule has 0 aliphatic carbocycles. The number of aromatic nitrogens is 2. The maximum absolute atomic E-state index is 12.7. The zero-order valence-electron chi connectivity index (χ0n) is 18.4. The molecule has 0 bridgehead atoms. The SMILES string of the molecule is Cc1cccc(CCCNC(=O)C2CCCN(Cc3nc(-c4ccccc4Cl)no3)C2)c1. The molecule has 1 aromatic heterocycles. The topological polar surface area (TPSA) is 71.3 Å². The van der Waals surface area contributed by atoms with E-state index in [9.17, 15) is 4.79 Å². The van der Waals surface area contributed by atoms with Crippen molar-refractivity contribution in [2.24, 2.45) is 5.92 Å². The minimum atomic E-state index is -0.00585. The van der Waals surface area contributed by atoms with Gasteiger partial charge in [-0.05, 0) is 56.8 Å². The van der Waals surface area contributed by atoms with Gasteiger partial charge in [0.2, 0.25) is 17.6 Å². The van der Waals surface area contributed by atoms with Gasteiger partial charge in [0, 0.05) is 18.7 Å². The standard InChI is InChI=1S/C25H29ClN4O2/c1-18-7-4-8-19(15-18)9-5-13-27-25(31)20-10-6-14-30(16-20)17-23-28-24(29-32-23)21-11-2-3-12-22(21)26/h2-4,7-8,11-12,15,20H,5-6,9-10,13-14,16-17H2,1H3,(H,27,31). The van der Waals surface area contributed by atoms with Crippen LogP contribution in [0.1, 0.15) is 36.3 Å². The van der Waals surface area contributed by atoms with E-state index in [0.29, 0.717) is 36.4 Å². The zero-order valence-corrected chi connectivity index (χ0v) is 19.1. The van der Waals surface area contributed by atoms with Crippen molar-refractivity contribution in [2.45, 2.75) is 39.2 Å². The summed E-state index contributed by atoms with van der Waals surface area (Å²) in [6.45, 7) is 4.96. The Hall–Kier alpha value is -2.70. The fraction of sp³-hybridized carbons (Fsp3) is 0.400. The summed E-state index contributed by atoms with van der Waals surface area (Å²) in [5.41, 5.74) is 3.35. The number of carbonyl (C=O) groups excluding carboxylic acids is 1. The molecule has 1 N–H and O–H groups in total. The van der Waals surface area contributed by atoms with Crippen LogP contribution in [0.5, 0.6) is 0 Å². The van der Waals surface area contributed by atoms with Gasteiger partial charge in [0.25, 0.3) is 0 Å². The number of aryl methyl sites for hydroxylation is 2. The van der Waals surface area contributed by atoms with E-state index in [2.05, 4.69) is 51.5 Å². The smallest absolute Gasteiger partial charge is 0.241 e. The second-order valence-electron chi connectivity index (χ2n) is 8.45. The molecule has 1 aliphatic heterocycles. The quantitative estimate of drug-likeness (QED) is 0.503. The van der Waals surface area contributed by atoms with E-state index in [0.717, 1.165) is 37.8 Å². The molecule has 168 valence electrons. The molecule has 2 aromatic carbocycles. The molecule has 0 saturated carbocycles. The molecule has 1 atom stereocenters. The maximum Gasteiger partial charge on any atom is 0.241 e. The number of likely N-dealkylation sites (tertiary alicyclic amines) is 1. The molecule has 6 nitrogen and oxygen atoms in total. The second kappa shape index (κ2) is 10.7. The van der Waals surface area contributed by atoms with Gasteiger partial charge in [-0.25, -0.2) is 0 Å². The monoisotopic (exact) mass is 452 g/mol. The van der Waals surface area contributed by atoms with Crippen LogP contribution >= 0.6 is 11.6 Å². The van der Waals surface area contributed by atoms with Gasteiger partial charge in [0.05, 0.1) is 17.5 Å². The normalized spacial score (nSPS) is 16.8. The highest BCUT2D eigenvalue weighted by atomic mass is 35.5. The number of hydrogen-bond donors (Lipinski definition) is 1. The Labute approximate surface area is 194 Å². The van der Waals surface area contributed by atoms with Gasteiger partial charge in [-0.3, -0.25) is 9.69 Å². The third-order valence-corrected chi connectivity index (χ3v) is 6.17. The lowest BCUT2D eigenvalue weighted by Crippen LogP contribution is -2.43. The van der Waals surface area contributed by atoms with Crippen molar-refractivity contribution in [2.75, 3.05) is 19.6 Å². The highest BCUT2D eigenvalue weighted by Gasteiger charge is 2.26. The Morgan fingerprint density at radius 2 is 2.12 bits per heavy atom. The molecule has 32 heavy (non-hydrogen) atoms. The van der Waals surface area contributed by atoms with Gasteiger partial charge in [-0.1, -0.05) is 58.7 Å². The molecule has 1 fully saturated rings. The zero-order chi connectivity index (χ0) is 22.3. The van der Waals surface area contributed by atoms with Gasteiger partial charge in [-0.15, -0.1) is 0 Å². The van der Waals surface area contributed by atoms with Crippen molar-refractivity contribution in [1.29, 1.82) is 0 Å². The summed E-state index contributed by atoms with van der Waals surface area (Å²) >= 11 is 6.23. The van der Waals surface area contributed by atoms with Gasteiger partial charge in [0.1, 0.15) is 0 Å². The Kier molecular flexibility index (Phi) is 7.55. The molecule has 1 amide bonds. The molecule has 1 saturated heterocycles. The Bertz CT molecular complexity index is 1050. The molecule has 1 unspecified atom stereocenters. The molecule has 3 aromatic rings. The number of piperidine rings is 1. The molecule has 7 heteroatoms. The second-order valence-corrected chi connectivity index (χ2v) is 8.86. The van der Waals surface area contributed by atoms with E-state index in [1.54, 1.807) is 0 Å². The number of rotatable bonds is 8. The van der Waals surface area contributed by atoms with Crippen molar-refractivity contribution >= 4 is 17.5 Å². The first-order valence-electron chi connectivity index (χ1n) is 11.2. The lowest BCUT2D eigenvalue weighted by atomic mass is 9.97. The maximum atomic E-state index is 12.7.